The molecule has 0 bridgehead atoms. The molecule has 2 N–H and O–H groups in total. The zero-order valence-electron chi connectivity index (χ0n) is 17.0. The molecule has 4 rings (SSSR count). The first-order chi connectivity index (χ1) is 14.8. The Morgan fingerprint density at radius 1 is 0.933 bits per heavy atom. The maximum absolute atomic E-state index is 5.26. The van der Waals surface area contributed by atoms with Crippen LogP contribution in [0.15, 0.2) is 60.1 Å². The minimum absolute atomic E-state index is 0.400. The second kappa shape index (κ2) is 10.1. The Hall–Kier alpha value is -3.03. The number of rotatable bonds is 10. The highest BCUT2D eigenvalue weighted by Crippen LogP contribution is 2.37. The molecule has 0 aliphatic carbocycles. The van der Waals surface area contributed by atoms with Crippen molar-refractivity contribution in [3.05, 3.63) is 65.9 Å². The van der Waals surface area contributed by atoms with Gasteiger partial charge in [-0.3, -0.25) is 0 Å². The number of pyridine rings is 1. The van der Waals surface area contributed by atoms with Gasteiger partial charge in [-0.05, 0) is 30.5 Å². The molecule has 0 amide bonds. The van der Waals surface area contributed by atoms with Crippen LogP contribution in [0, 0.1) is 0 Å². The molecule has 0 saturated carbocycles. The average molecular weight is 420 g/mol. The second-order valence-corrected chi connectivity index (χ2v) is 7.75. The number of methoxy groups -OCH3 is 1. The van der Waals surface area contributed by atoms with E-state index in [2.05, 4.69) is 50.2 Å². The molecule has 1 aromatic carbocycles. The van der Waals surface area contributed by atoms with E-state index in [0.29, 0.717) is 12.4 Å². The number of hydrogen-bond acceptors (Lipinski definition) is 7. The zero-order valence-corrected chi connectivity index (χ0v) is 17.8. The summed E-state index contributed by atoms with van der Waals surface area (Å²) in [5.41, 5.74) is 2.34. The van der Waals surface area contributed by atoms with Gasteiger partial charge in [0.05, 0.1) is 5.39 Å². The van der Waals surface area contributed by atoms with Crippen LogP contribution in [0.2, 0.25) is 0 Å². The standard InChI is InChI=1S/C23H25N5OS/c1-29-15-20-27-22(26-14-8-7-13-25-19-11-5-6-12-24-19)21-18(16-30-23(21)28-20)17-9-3-2-4-10-17/h2-6,9-12,16H,7-8,13-15H2,1H3,(H,24,25)(H,26,27,28). The summed E-state index contributed by atoms with van der Waals surface area (Å²) in [6.07, 6.45) is 3.86. The number of benzene rings is 1. The maximum atomic E-state index is 5.26. The molecule has 0 spiro atoms. The van der Waals surface area contributed by atoms with Crippen LogP contribution in [0.4, 0.5) is 11.6 Å². The first-order valence-electron chi connectivity index (χ1n) is 10.1. The zero-order chi connectivity index (χ0) is 20.6. The Bertz CT molecular complexity index is 1070. The van der Waals surface area contributed by atoms with Crippen LogP contribution in [0.5, 0.6) is 0 Å². The molecule has 0 atom stereocenters. The molecule has 6 nitrogen and oxygen atoms in total. The van der Waals surface area contributed by atoms with Crippen molar-refractivity contribution in [2.45, 2.75) is 19.4 Å². The van der Waals surface area contributed by atoms with Crippen LogP contribution in [0.1, 0.15) is 18.7 Å². The van der Waals surface area contributed by atoms with E-state index in [1.54, 1.807) is 24.6 Å². The number of anilines is 2. The van der Waals surface area contributed by atoms with Crippen molar-refractivity contribution in [3.8, 4) is 11.1 Å². The summed E-state index contributed by atoms with van der Waals surface area (Å²) in [5.74, 6) is 2.49. The Balaban J connectivity index is 1.45. The van der Waals surface area contributed by atoms with Crippen LogP contribution in [-0.2, 0) is 11.3 Å². The number of aromatic nitrogens is 3. The third kappa shape index (κ3) is 4.93. The van der Waals surface area contributed by atoms with Crippen LogP contribution in [0.25, 0.3) is 21.3 Å². The first kappa shape index (κ1) is 20.3. The quantitative estimate of drug-likeness (QED) is 0.344. The summed E-state index contributed by atoms with van der Waals surface area (Å²) in [7, 11) is 1.67. The summed E-state index contributed by atoms with van der Waals surface area (Å²) >= 11 is 1.64. The number of thiophene rings is 1. The molecule has 154 valence electrons. The van der Waals surface area contributed by atoms with Crippen LogP contribution < -0.4 is 10.6 Å². The Morgan fingerprint density at radius 3 is 2.50 bits per heavy atom. The highest BCUT2D eigenvalue weighted by atomic mass is 32.1. The fraction of sp³-hybridized carbons (Fsp3) is 0.261. The maximum Gasteiger partial charge on any atom is 0.158 e. The Kier molecular flexibility index (Phi) is 6.84. The summed E-state index contributed by atoms with van der Waals surface area (Å²) in [4.78, 5) is 14.7. The van der Waals surface area contributed by atoms with Crippen molar-refractivity contribution in [1.29, 1.82) is 0 Å². The summed E-state index contributed by atoms with van der Waals surface area (Å²) < 4.78 is 5.26. The minimum atomic E-state index is 0.400. The molecule has 4 aromatic rings. The van der Waals surface area contributed by atoms with Gasteiger partial charge in [0, 0.05) is 37.3 Å². The lowest BCUT2D eigenvalue weighted by molar-refractivity contribution is 0.178. The van der Waals surface area contributed by atoms with Crippen molar-refractivity contribution in [3.63, 3.8) is 0 Å². The van der Waals surface area contributed by atoms with E-state index in [1.807, 2.05) is 24.3 Å². The minimum Gasteiger partial charge on any atom is -0.377 e. The number of hydrogen-bond donors (Lipinski definition) is 2. The molecule has 0 aliphatic rings. The first-order valence-corrected chi connectivity index (χ1v) is 10.9. The van der Waals surface area contributed by atoms with Gasteiger partial charge in [-0.25, -0.2) is 15.0 Å². The van der Waals surface area contributed by atoms with Gasteiger partial charge in [-0.15, -0.1) is 11.3 Å². The van der Waals surface area contributed by atoms with E-state index in [4.69, 9.17) is 9.72 Å². The molecular weight excluding hydrogens is 394 g/mol. The van der Waals surface area contributed by atoms with Gasteiger partial charge >= 0.3 is 0 Å². The number of ether oxygens (including phenoxy) is 1. The number of unbranched alkanes of at least 4 members (excludes halogenated alkanes) is 1. The fourth-order valence-electron chi connectivity index (χ4n) is 3.28. The lowest BCUT2D eigenvalue weighted by atomic mass is 10.1. The van der Waals surface area contributed by atoms with Crippen molar-refractivity contribution in [2.75, 3.05) is 30.8 Å². The third-order valence-corrected chi connectivity index (χ3v) is 5.58. The molecule has 3 heterocycles. The van der Waals surface area contributed by atoms with Crippen molar-refractivity contribution in [2.24, 2.45) is 0 Å². The van der Waals surface area contributed by atoms with Gasteiger partial charge in [-0.2, -0.15) is 0 Å². The van der Waals surface area contributed by atoms with E-state index < -0.39 is 0 Å². The predicted octanol–water partition coefficient (Wildman–Crippen LogP) is 5.20. The molecule has 0 fully saturated rings. The summed E-state index contributed by atoms with van der Waals surface area (Å²) in [6.45, 7) is 2.13. The topological polar surface area (TPSA) is 72.0 Å². The monoisotopic (exact) mass is 419 g/mol. The predicted molar refractivity (Wildman–Crippen MR) is 124 cm³/mol. The lowest BCUT2D eigenvalue weighted by Gasteiger charge is -2.11. The molecule has 0 radical (unpaired) electrons. The number of nitrogens with one attached hydrogen (secondary N) is 2. The Labute approximate surface area is 180 Å². The van der Waals surface area contributed by atoms with E-state index in [9.17, 15) is 0 Å². The summed E-state index contributed by atoms with van der Waals surface area (Å²) in [5, 5.41) is 10.1. The van der Waals surface area contributed by atoms with Crippen molar-refractivity contribution in [1.82, 2.24) is 15.0 Å². The van der Waals surface area contributed by atoms with Gasteiger partial charge in [0.1, 0.15) is 23.1 Å². The van der Waals surface area contributed by atoms with Crippen LogP contribution in [-0.4, -0.2) is 35.2 Å². The largest absolute Gasteiger partial charge is 0.377 e. The van der Waals surface area contributed by atoms with Gasteiger partial charge in [0.15, 0.2) is 5.82 Å². The summed E-state index contributed by atoms with van der Waals surface area (Å²) in [6, 6.07) is 16.3. The molecule has 7 heteroatoms. The van der Waals surface area contributed by atoms with Crippen molar-refractivity contribution >= 4 is 33.2 Å². The van der Waals surface area contributed by atoms with Crippen molar-refractivity contribution < 1.29 is 4.74 Å². The highest BCUT2D eigenvalue weighted by molar-refractivity contribution is 7.17. The van der Waals surface area contributed by atoms with E-state index in [0.717, 1.165) is 47.8 Å². The Morgan fingerprint density at radius 2 is 1.73 bits per heavy atom. The third-order valence-electron chi connectivity index (χ3n) is 4.71. The number of nitrogens with zero attached hydrogens (tertiary/aromatic N) is 3. The molecular formula is C23H25N5OS. The van der Waals surface area contributed by atoms with Crippen LogP contribution >= 0.6 is 11.3 Å². The van der Waals surface area contributed by atoms with E-state index in [1.165, 1.54) is 11.1 Å². The molecule has 0 unspecified atom stereocenters. The highest BCUT2D eigenvalue weighted by Gasteiger charge is 2.15. The lowest BCUT2D eigenvalue weighted by Crippen LogP contribution is -2.09. The molecule has 0 aliphatic heterocycles. The van der Waals surface area contributed by atoms with E-state index >= 15 is 0 Å². The SMILES string of the molecule is COCc1nc(NCCCCNc2ccccn2)c2c(-c3ccccc3)csc2n1. The second-order valence-electron chi connectivity index (χ2n) is 6.89. The molecule has 3 aromatic heterocycles. The normalized spacial score (nSPS) is 11.0. The van der Waals surface area contributed by atoms with E-state index in [-0.39, 0.29) is 0 Å². The fourth-order valence-corrected chi connectivity index (χ4v) is 4.24. The average Bonchev–Trinajstić information content (AvgIpc) is 3.22. The smallest absolute Gasteiger partial charge is 0.158 e. The van der Waals surface area contributed by atoms with Crippen LogP contribution in [0.3, 0.4) is 0 Å². The number of fused-ring (bicyclic) bond motifs is 1. The van der Waals surface area contributed by atoms with Gasteiger partial charge in [0.25, 0.3) is 0 Å². The van der Waals surface area contributed by atoms with Gasteiger partial charge in [-0.1, -0.05) is 36.4 Å². The van der Waals surface area contributed by atoms with Gasteiger partial charge in [0.2, 0.25) is 0 Å². The molecule has 0 saturated heterocycles. The van der Waals surface area contributed by atoms with Gasteiger partial charge < -0.3 is 15.4 Å². The molecule has 30 heavy (non-hydrogen) atoms.